The molecule has 0 aliphatic carbocycles. The molecule has 3 aromatic rings. The third-order valence-corrected chi connectivity index (χ3v) is 4.83. The molecule has 1 saturated heterocycles. The van der Waals surface area contributed by atoms with Crippen molar-refractivity contribution in [3.63, 3.8) is 0 Å². The molecule has 7 nitrogen and oxygen atoms in total. The highest BCUT2D eigenvalue weighted by Gasteiger charge is 2.17. The molecule has 2 aromatic carbocycles. The summed E-state index contributed by atoms with van der Waals surface area (Å²) in [6, 6.07) is 14.4. The van der Waals surface area contributed by atoms with E-state index in [1.807, 2.05) is 12.1 Å². The van der Waals surface area contributed by atoms with Gasteiger partial charge in [0.2, 0.25) is 17.8 Å². The van der Waals surface area contributed by atoms with Gasteiger partial charge in [0.1, 0.15) is 5.82 Å². The van der Waals surface area contributed by atoms with Gasteiger partial charge in [-0.1, -0.05) is 32.0 Å². The van der Waals surface area contributed by atoms with Crippen molar-refractivity contribution in [3.8, 4) is 0 Å². The van der Waals surface area contributed by atoms with Gasteiger partial charge in [-0.15, -0.1) is 0 Å². The van der Waals surface area contributed by atoms with Crippen molar-refractivity contribution < 1.29 is 9.13 Å². The first-order valence-corrected chi connectivity index (χ1v) is 10.1. The highest BCUT2D eigenvalue weighted by atomic mass is 19.1. The minimum absolute atomic E-state index is 0.328. The van der Waals surface area contributed by atoms with Crippen LogP contribution in [-0.2, 0) is 4.74 Å². The number of anilines is 5. The summed E-state index contributed by atoms with van der Waals surface area (Å²) in [5.41, 5.74) is 2.72. The van der Waals surface area contributed by atoms with E-state index in [0.29, 0.717) is 55.8 Å². The minimum Gasteiger partial charge on any atom is -0.378 e. The molecule has 1 aromatic heterocycles. The molecular weight excluding hydrogens is 383 g/mol. The van der Waals surface area contributed by atoms with Crippen molar-refractivity contribution in [2.45, 2.75) is 19.8 Å². The Kier molecular flexibility index (Phi) is 6.04. The number of nitrogens with one attached hydrogen (secondary N) is 2. The number of aromatic nitrogens is 3. The summed E-state index contributed by atoms with van der Waals surface area (Å²) < 4.78 is 19.0. The van der Waals surface area contributed by atoms with Crippen LogP contribution in [0.4, 0.5) is 33.6 Å². The monoisotopic (exact) mass is 408 g/mol. The van der Waals surface area contributed by atoms with Crippen molar-refractivity contribution in [1.82, 2.24) is 15.0 Å². The second kappa shape index (κ2) is 9.04. The number of hydrogen-bond donors (Lipinski definition) is 2. The lowest BCUT2D eigenvalue weighted by Crippen LogP contribution is -2.37. The molecule has 0 amide bonds. The standard InChI is InChI=1S/C22H25FN6O/c1-15(2)16-6-8-18(9-7-16)24-20-26-21(25-19-5-3-4-17(23)14-19)28-22(27-20)29-10-12-30-13-11-29/h3-9,14-15H,10-13H2,1-2H3,(H2,24,25,26,27,28). The fraction of sp³-hybridized carbons (Fsp3) is 0.318. The van der Waals surface area contributed by atoms with Gasteiger partial charge in [-0.2, -0.15) is 15.0 Å². The fourth-order valence-electron chi connectivity index (χ4n) is 3.16. The van der Waals surface area contributed by atoms with Crippen LogP contribution in [0.3, 0.4) is 0 Å². The quantitative estimate of drug-likeness (QED) is 0.624. The molecule has 1 aliphatic rings. The van der Waals surface area contributed by atoms with Gasteiger partial charge in [-0.3, -0.25) is 0 Å². The number of rotatable bonds is 6. The molecule has 30 heavy (non-hydrogen) atoms. The van der Waals surface area contributed by atoms with E-state index < -0.39 is 0 Å². The Morgan fingerprint density at radius 2 is 1.57 bits per heavy atom. The number of morpholine rings is 1. The third kappa shape index (κ3) is 5.01. The van der Waals surface area contributed by atoms with Crippen LogP contribution in [0.2, 0.25) is 0 Å². The Labute approximate surface area is 175 Å². The Morgan fingerprint density at radius 3 is 2.20 bits per heavy atom. The second-order valence-corrected chi connectivity index (χ2v) is 7.42. The van der Waals surface area contributed by atoms with Crippen LogP contribution in [0.1, 0.15) is 25.3 Å². The largest absolute Gasteiger partial charge is 0.378 e. The van der Waals surface area contributed by atoms with Gasteiger partial charge >= 0.3 is 0 Å². The van der Waals surface area contributed by atoms with Gasteiger partial charge in [0.25, 0.3) is 0 Å². The van der Waals surface area contributed by atoms with Gasteiger partial charge in [-0.05, 0) is 41.8 Å². The SMILES string of the molecule is CC(C)c1ccc(Nc2nc(Nc3cccc(F)c3)nc(N3CCOCC3)n2)cc1. The van der Waals surface area contributed by atoms with Crippen molar-refractivity contribution in [1.29, 1.82) is 0 Å². The summed E-state index contributed by atoms with van der Waals surface area (Å²) in [6.45, 7) is 6.97. The van der Waals surface area contributed by atoms with Gasteiger partial charge in [-0.25, -0.2) is 4.39 Å². The van der Waals surface area contributed by atoms with Crippen molar-refractivity contribution in [2.75, 3.05) is 41.8 Å². The van der Waals surface area contributed by atoms with Crippen LogP contribution in [-0.4, -0.2) is 41.3 Å². The van der Waals surface area contributed by atoms with Crippen LogP contribution in [0, 0.1) is 5.82 Å². The molecule has 0 radical (unpaired) electrons. The smallest absolute Gasteiger partial charge is 0.233 e. The summed E-state index contributed by atoms with van der Waals surface area (Å²) in [5.74, 6) is 1.45. The van der Waals surface area contributed by atoms with Crippen LogP contribution >= 0.6 is 0 Å². The number of ether oxygens (including phenoxy) is 1. The van der Waals surface area contributed by atoms with Crippen LogP contribution < -0.4 is 15.5 Å². The number of halogens is 1. The number of hydrogen-bond acceptors (Lipinski definition) is 7. The van der Waals surface area contributed by atoms with E-state index in [0.717, 1.165) is 5.69 Å². The topological polar surface area (TPSA) is 75.2 Å². The van der Waals surface area contributed by atoms with E-state index in [1.165, 1.54) is 17.7 Å². The zero-order valence-electron chi connectivity index (χ0n) is 17.1. The van der Waals surface area contributed by atoms with Crippen molar-refractivity contribution in [3.05, 3.63) is 59.9 Å². The lowest BCUT2D eigenvalue weighted by Gasteiger charge is -2.27. The van der Waals surface area contributed by atoms with Crippen LogP contribution in [0.15, 0.2) is 48.5 Å². The molecule has 8 heteroatoms. The minimum atomic E-state index is -0.328. The predicted octanol–water partition coefficient (Wildman–Crippen LogP) is 4.46. The predicted molar refractivity (Wildman–Crippen MR) is 116 cm³/mol. The molecule has 2 heterocycles. The van der Waals surface area contributed by atoms with E-state index in [4.69, 9.17) is 4.74 Å². The van der Waals surface area contributed by atoms with E-state index in [9.17, 15) is 4.39 Å². The van der Waals surface area contributed by atoms with E-state index in [2.05, 4.69) is 56.5 Å². The zero-order chi connectivity index (χ0) is 20.9. The van der Waals surface area contributed by atoms with Gasteiger partial charge in [0.05, 0.1) is 13.2 Å². The summed E-state index contributed by atoms with van der Waals surface area (Å²) in [5, 5.41) is 6.33. The van der Waals surface area contributed by atoms with Crippen molar-refractivity contribution >= 4 is 29.2 Å². The Balaban J connectivity index is 1.62. The molecule has 2 N–H and O–H groups in total. The first-order valence-electron chi connectivity index (χ1n) is 10.1. The zero-order valence-corrected chi connectivity index (χ0v) is 17.1. The Bertz CT molecular complexity index is 989. The molecule has 0 bridgehead atoms. The summed E-state index contributed by atoms with van der Waals surface area (Å²) in [4.78, 5) is 15.7. The first-order chi connectivity index (χ1) is 14.6. The van der Waals surface area contributed by atoms with Gasteiger partial charge in [0.15, 0.2) is 0 Å². The second-order valence-electron chi connectivity index (χ2n) is 7.42. The Hall–Kier alpha value is -3.26. The van der Waals surface area contributed by atoms with E-state index in [1.54, 1.807) is 12.1 Å². The van der Waals surface area contributed by atoms with E-state index >= 15 is 0 Å². The normalized spacial score (nSPS) is 14.1. The molecule has 1 aliphatic heterocycles. The molecule has 0 unspecified atom stereocenters. The average Bonchev–Trinajstić information content (AvgIpc) is 2.75. The molecule has 156 valence electrons. The maximum Gasteiger partial charge on any atom is 0.233 e. The molecule has 1 fully saturated rings. The first kappa shape index (κ1) is 20.0. The molecule has 0 spiro atoms. The molecular formula is C22H25FN6O. The maximum absolute atomic E-state index is 13.6. The summed E-state index contributed by atoms with van der Waals surface area (Å²) >= 11 is 0. The average molecular weight is 408 g/mol. The maximum atomic E-state index is 13.6. The molecule has 0 saturated carbocycles. The number of benzene rings is 2. The highest BCUT2D eigenvalue weighted by Crippen LogP contribution is 2.23. The van der Waals surface area contributed by atoms with E-state index in [-0.39, 0.29) is 5.82 Å². The Morgan fingerprint density at radius 1 is 0.900 bits per heavy atom. The lowest BCUT2D eigenvalue weighted by atomic mass is 10.0. The molecule has 4 rings (SSSR count). The van der Waals surface area contributed by atoms with Crippen LogP contribution in [0.25, 0.3) is 0 Å². The fourth-order valence-corrected chi connectivity index (χ4v) is 3.16. The van der Waals surface area contributed by atoms with Gasteiger partial charge in [0, 0.05) is 24.5 Å². The van der Waals surface area contributed by atoms with Crippen LogP contribution in [0.5, 0.6) is 0 Å². The third-order valence-electron chi connectivity index (χ3n) is 4.83. The van der Waals surface area contributed by atoms with Gasteiger partial charge < -0.3 is 20.3 Å². The van der Waals surface area contributed by atoms with Crippen molar-refractivity contribution in [2.24, 2.45) is 0 Å². The summed E-state index contributed by atoms with van der Waals surface area (Å²) in [7, 11) is 0. The highest BCUT2D eigenvalue weighted by molar-refractivity contribution is 5.59. The molecule has 0 atom stereocenters. The number of nitrogens with zero attached hydrogens (tertiary/aromatic N) is 4. The lowest BCUT2D eigenvalue weighted by molar-refractivity contribution is 0.122. The summed E-state index contributed by atoms with van der Waals surface area (Å²) in [6.07, 6.45) is 0.